The summed E-state index contributed by atoms with van der Waals surface area (Å²) in [5.74, 6) is -0.328. The molecular weight excluding hydrogens is 423 g/mol. The normalized spacial score (nSPS) is 13.2. The predicted molar refractivity (Wildman–Crippen MR) is 142 cm³/mol. The highest BCUT2D eigenvalue weighted by Crippen LogP contribution is 2.30. The topological polar surface area (TPSA) is 53.6 Å². The average molecular weight is 453 g/mol. The number of hydrogen-bond acceptors (Lipinski definition) is 3. The average Bonchev–Trinajstić information content (AvgIpc) is 3.25. The van der Waals surface area contributed by atoms with E-state index in [1.807, 2.05) is 57.3 Å². The molecule has 3 aromatic rings. The Balaban J connectivity index is 1.99. The highest BCUT2D eigenvalue weighted by Gasteiger charge is 2.15. The summed E-state index contributed by atoms with van der Waals surface area (Å²) in [5, 5.41) is 11.5. The fourth-order valence-corrected chi connectivity index (χ4v) is 3.66. The Morgan fingerprint density at radius 1 is 1.18 bits per heavy atom. The third-order valence-corrected chi connectivity index (χ3v) is 5.53. The maximum Gasteiger partial charge on any atom is 0.133 e. The molecule has 172 valence electrons. The highest BCUT2D eigenvalue weighted by molar-refractivity contribution is 5.93. The van der Waals surface area contributed by atoms with E-state index in [2.05, 4.69) is 40.2 Å². The largest absolute Gasteiger partial charge is 0.358 e. The van der Waals surface area contributed by atoms with Gasteiger partial charge in [-0.1, -0.05) is 62.3 Å². The first kappa shape index (κ1) is 24.4. The van der Waals surface area contributed by atoms with Crippen molar-refractivity contribution in [2.75, 3.05) is 0 Å². The molecule has 2 aromatic heterocycles. The zero-order valence-corrected chi connectivity index (χ0v) is 19.8. The quantitative estimate of drug-likeness (QED) is 0.333. The van der Waals surface area contributed by atoms with Gasteiger partial charge in [-0.05, 0) is 49.6 Å². The van der Waals surface area contributed by atoms with Crippen LogP contribution in [0.15, 0.2) is 104 Å². The number of rotatable bonds is 9. The molecule has 3 rings (SSSR count). The Morgan fingerprint density at radius 3 is 2.62 bits per heavy atom. The van der Waals surface area contributed by atoms with Crippen LogP contribution in [0, 0.1) is 5.82 Å². The van der Waals surface area contributed by atoms with E-state index in [1.54, 1.807) is 30.5 Å². The second-order valence-corrected chi connectivity index (χ2v) is 7.70. The maximum absolute atomic E-state index is 14.8. The molecule has 0 amide bonds. The van der Waals surface area contributed by atoms with Crippen LogP contribution in [0.5, 0.6) is 0 Å². The lowest BCUT2D eigenvalue weighted by Crippen LogP contribution is -2.11. The molecule has 0 spiro atoms. The van der Waals surface area contributed by atoms with Gasteiger partial charge in [-0.15, -0.1) is 0 Å². The number of nitrogens with one attached hydrogen (secondary N) is 2. The SMILES string of the molecule is C=C/C=C\C(=C/C)c1cc2c(C(=C)N/C(C)=C(C)/C(=C\C=C)c3cccnc3)n[nH]c2cc1F. The summed E-state index contributed by atoms with van der Waals surface area (Å²) in [6, 6.07) is 7.16. The molecule has 0 radical (unpaired) electrons. The molecule has 0 saturated carbocycles. The van der Waals surface area contributed by atoms with Crippen LogP contribution >= 0.6 is 0 Å². The van der Waals surface area contributed by atoms with E-state index >= 15 is 0 Å². The summed E-state index contributed by atoms with van der Waals surface area (Å²) in [7, 11) is 0. The van der Waals surface area contributed by atoms with Gasteiger partial charge in [0.15, 0.2) is 0 Å². The van der Waals surface area contributed by atoms with E-state index in [0.29, 0.717) is 22.5 Å². The minimum atomic E-state index is -0.328. The van der Waals surface area contributed by atoms with Crippen molar-refractivity contribution in [2.24, 2.45) is 0 Å². The molecule has 0 aliphatic heterocycles. The van der Waals surface area contributed by atoms with Gasteiger partial charge < -0.3 is 5.32 Å². The standard InChI is InChI=1S/C29H29FN4/c1-7-10-13-22(9-3)25-16-26-28(17-27(25)30)33-34-29(26)21(6)32-20(5)19(4)24(12-8-2)23-14-11-15-31-18-23/h7-18,32H,1-2,6H2,3-5H3,(H,33,34)/b13-10-,20-19+,22-9+,24-12+. The van der Waals surface area contributed by atoms with Crippen LogP contribution in [0.3, 0.4) is 0 Å². The number of benzene rings is 1. The smallest absolute Gasteiger partial charge is 0.133 e. The number of pyridine rings is 1. The van der Waals surface area contributed by atoms with Crippen molar-refractivity contribution in [2.45, 2.75) is 20.8 Å². The van der Waals surface area contributed by atoms with Crippen molar-refractivity contribution >= 4 is 27.7 Å². The van der Waals surface area contributed by atoms with Crippen molar-refractivity contribution in [3.63, 3.8) is 0 Å². The summed E-state index contributed by atoms with van der Waals surface area (Å²) in [6.45, 7) is 17.6. The molecule has 0 bridgehead atoms. The van der Waals surface area contributed by atoms with Gasteiger partial charge in [-0.25, -0.2) is 4.39 Å². The fraction of sp³-hybridized carbons (Fsp3) is 0.103. The summed E-state index contributed by atoms with van der Waals surface area (Å²) in [5.41, 5.74) is 6.99. The fourth-order valence-electron chi connectivity index (χ4n) is 3.66. The van der Waals surface area contributed by atoms with Gasteiger partial charge in [0.05, 0.1) is 11.2 Å². The number of halogens is 1. The van der Waals surface area contributed by atoms with Crippen LogP contribution in [-0.4, -0.2) is 15.2 Å². The first-order valence-electron chi connectivity index (χ1n) is 10.9. The molecule has 0 atom stereocenters. The van der Waals surface area contributed by atoms with Gasteiger partial charge in [0.1, 0.15) is 11.5 Å². The zero-order chi connectivity index (χ0) is 24.7. The van der Waals surface area contributed by atoms with Crippen LogP contribution < -0.4 is 5.32 Å². The molecule has 2 N–H and O–H groups in total. The Hall–Kier alpha value is -4.25. The van der Waals surface area contributed by atoms with Crippen molar-refractivity contribution < 1.29 is 4.39 Å². The summed E-state index contributed by atoms with van der Waals surface area (Å²) in [6.07, 6.45) is 14.4. The molecule has 5 heteroatoms. The number of aromatic amines is 1. The molecule has 0 aliphatic rings. The Labute approximate surface area is 200 Å². The van der Waals surface area contributed by atoms with E-state index in [9.17, 15) is 4.39 Å². The molecule has 0 unspecified atom stereocenters. The van der Waals surface area contributed by atoms with E-state index < -0.39 is 0 Å². The third-order valence-electron chi connectivity index (χ3n) is 5.53. The summed E-state index contributed by atoms with van der Waals surface area (Å²) >= 11 is 0. The predicted octanol–water partition coefficient (Wildman–Crippen LogP) is 7.37. The van der Waals surface area contributed by atoms with Crippen LogP contribution in [0.1, 0.15) is 37.6 Å². The second-order valence-electron chi connectivity index (χ2n) is 7.70. The van der Waals surface area contributed by atoms with Gasteiger partial charge in [0.25, 0.3) is 0 Å². The molecule has 34 heavy (non-hydrogen) atoms. The third kappa shape index (κ3) is 5.21. The number of fused-ring (bicyclic) bond motifs is 1. The Kier molecular flexibility index (Phi) is 7.93. The minimum Gasteiger partial charge on any atom is -0.358 e. The molecule has 4 nitrogen and oxygen atoms in total. The van der Waals surface area contributed by atoms with Crippen molar-refractivity contribution in [3.8, 4) is 0 Å². The number of allylic oxidation sites excluding steroid dienone is 10. The highest BCUT2D eigenvalue weighted by atomic mass is 19.1. The van der Waals surface area contributed by atoms with E-state index in [-0.39, 0.29) is 5.82 Å². The maximum atomic E-state index is 14.8. The van der Waals surface area contributed by atoms with Crippen molar-refractivity contribution in [1.29, 1.82) is 0 Å². The monoisotopic (exact) mass is 452 g/mol. The Morgan fingerprint density at radius 2 is 1.97 bits per heavy atom. The van der Waals surface area contributed by atoms with Crippen LogP contribution in [0.2, 0.25) is 0 Å². The van der Waals surface area contributed by atoms with E-state index in [0.717, 1.165) is 33.4 Å². The lowest BCUT2D eigenvalue weighted by molar-refractivity contribution is 0.626. The van der Waals surface area contributed by atoms with E-state index in [1.165, 1.54) is 6.07 Å². The summed E-state index contributed by atoms with van der Waals surface area (Å²) < 4.78 is 14.8. The van der Waals surface area contributed by atoms with Gasteiger partial charge in [-0.2, -0.15) is 5.10 Å². The number of H-pyrrole nitrogens is 1. The summed E-state index contributed by atoms with van der Waals surface area (Å²) in [4.78, 5) is 4.23. The second kappa shape index (κ2) is 11.1. The minimum absolute atomic E-state index is 0.328. The lowest BCUT2D eigenvalue weighted by atomic mass is 9.98. The van der Waals surface area contributed by atoms with Crippen molar-refractivity contribution in [1.82, 2.24) is 20.5 Å². The van der Waals surface area contributed by atoms with Crippen LogP contribution in [0.4, 0.5) is 4.39 Å². The van der Waals surface area contributed by atoms with Gasteiger partial charge in [-0.3, -0.25) is 10.1 Å². The van der Waals surface area contributed by atoms with Crippen LogP contribution in [-0.2, 0) is 0 Å². The number of nitrogens with zero attached hydrogens (tertiary/aromatic N) is 2. The molecule has 1 aromatic carbocycles. The van der Waals surface area contributed by atoms with Crippen LogP contribution in [0.25, 0.3) is 27.7 Å². The van der Waals surface area contributed by atoms with E-state index in [4.69, 9.17) is 0 Å². The molecule has 0 fully saturated rings. The first-order chi connectivity index (χ1) is 16.4. The molecule has 0 saturated heterocycles. The molecule has 2 heterocycles. The van der Waals surface area contributed by atoms with Gasteiger partial charge in [0, 0.05) is 40.7 Å². The Bertz CT molecular complexity index is 1350. The molecular formula is C29H29FN4. The first-order valence-corrected chi connectivity index (χ1v) is 10.9. The van der Waals surface area contributed by atoms with Gasteiger partial charge in [0.2, 0.25) is 0 Å². The number of hydrogen-bond donors (Lipinski definition) is 2. The number of aromatic nitrogens is 3. The lowest BCUT2D eigenvalue weighted by Gasteiger charge is -2.15. The van der Waals surface area contributed by atoms with Crippen molar-refractivity contribution in [3.05, 3.63) is 127 Å². The zero-order valence-electron chi connectivity index (χ0n) is 19.8. The molecule has 0 aliphatic carbocycles. The van der Waals surface area contributed by atoms with Gasteiger partial charge >= 0.3 is 0 Å².